The Balaban J connectivity index is 1.01. The first-order valence-corrected chi connectivity index (χ1v) is 13.6. The molecule has 1 saturated heterocycles. The molecule has 6 aromatic rings. The number of hydrogen-bond acceptors (Lipinski definition) is 7. The van der Waals surface area contributed by atoms with Crippen LogP contribution in [0.5, 0.6) is 0 Å². The van der Waals surface area contributed by atoms with Crippen LogP contribution in [-0.2, 0) is 6.54 Å². The van der Waals surface area contributed by atoms with Crippen LogP contribution >= 0.6 is 0 Å². The number of hydrogen-bond donors (Lipinski definition) is 1. The lowest BCUT2D eigenvalue weighted by Gasteiger charge is -2.38. The van der Waals surface area contributed by atoms with Gasteiger partial charge in [-0.2, -0.15) is 10.1 Å². The minimum atomic E-state index is 0.350. The molecule has 0 unspecified atom stereocenters. The molecule has 0 radical (unpaired) electrons. The summed E-state index contributed by atoms with van der Waals surface area (Å²) in [5.41, 5.74) is 7.11. The number of fused-ring (bicyclic) bond motifs is 1. The normalized spacial score (nSPS) is 15.1. The maximum absolute atomic E-state index is 4.98. The summed E-state index contributed by atoms with van der Waals surface area (Å²) in [5, 5.41) is 12.1. The van der Waals surface area contributed by atoms with E-state index in [9.17, 15) is 0 Å². The molecule has 0 atom stereocenters. The van der Waals surface area contributed by atoms with Crippen molar-refractivity contribution in [2.45, 2.75) is 12.5 Å². The van der Waals surface area contributed by atoms with E-state index in [0.29, 0.717) is 23.3 Å². The summed E-state index contributed by atoms with van der Waals surface area (Å²) in [4.78, 5) is 21.1. The summed E-state index contributed by atoms with van der Waals surface area (Å²) in [5.74, 6) is 3.20. The zero-order valence-corrected chi connectivity index (χ0v) is 22.1. The molecule has 41 heavy (non-hydrogen) atoms. The van der Waals surface area contributed by atoms with Crippen molar-refractivity contribution in [3.63, 3.8) is 0 Å². The quantitative estimate of drug-likeness (QED) is 0.300. The van der Waals surface area contributed by atoms with E-state index in [-0.39, 0.29) is 0 Å². The molecular weight excluding hydrogens is 510 g/mol. The van der Waals surface area contributed by atoms with E-state index < -0.39 is 0 Å². The fourth-order valence-corrected chi connectivity index (χ4v) is 5.30. The Morgan fingerprint density at radius 1 is 0.829 bits per heavy atom. The summed E-state index contributed by atoms with van der Waals surface area (Å²) >= 11 is 0. The predicted molar refractivity (Wildman–Crippen MR) is 156 cm³/mol. The summed E-state index contributed by atoms with van der Waals surface area (Å²) in [6.45, 7) is 2.76. The van der Waals surface area contributed by atoms with Crippen LogP contribution in [0.15, 0.2) is 103 Å². The molecule has 5 heterocycles. The third-order valence-electron chi connectivity index (χ3n) is 7.60. The van der Waals surface area contributed by atoms with Crippen LogP contribution in [0, 0.1) is 0 Å². The van der Waals surface area contributed by atoms with Crippen molar-refractivity contribution in [1.29, 1.82) is 0 Å². The Morgan fingerprint density at radius 3 is 2.41 bits per heavy atom. The van der Waals surface area contributed by atoms with E-state index in [1.165, 1.54) is 5.56 Å². The fraction of sp³-hybridized carbons (Fsp3) is 0.125. The lowest BCUT2D eigenvalue weighted by atomic mass is 9.97. The highest BCUT2D eigenvalue weighted by molar-refractivity contribution is 5.82. The van der Waals surface area contributed by atoms with E-state index in [0.717, 1.165) is 59.1 Å². The molecule has 1 aliphatic carbocycles. The molecule has 0 saturated carbocycles. The second-order valence-corrected chi connectivity index (χ2v) is 10.4. The number of rotatable bonds is 7. The molecule has 4 aromatic heterocycles. The van der Waals surface area contributed by atoms with Crippen LogP contribution in [-0.4, -0.2) is 57.7 Å². The summed E-state index contributed by atoms with van der Waals surface area (Å²) in [6.07, 6.45) is 9.80. The predicted octanol–water partition coefficient (Wildman–Crippen LogP) is 5.19. The highest BCUT2D eigenvalue weighted by Crippen LogP contribution is 2.32. The largest absolute Gasteiger partial charge is 0.298 e. The topological polar surface area (TPSA) is 101 Å². The van der Waals surface area contributed by atoms with Crippen LogP contribution in [0.1, 0.15) is 23.1 Å². The van der Waals surface area contributed by atoms with Crippen molar-refractivity contribution in [2.24, 2.45) is 0 Å². The van der Waals surface area contributed by atoms with Crippen LogP contribution in [0.4, 0.5) is 0 Å². The summed E-state index contributed by atoms with van der Waals surface area (Å²) in [7, 11) is 0. The van der Waals surface area contributed by atoms with Gasteiger partial charge in [-0.05, 0) is 23.3 Å². The third kappa shape index (κ3) is 4.42. The van der Waals surface area contributed by atoms with Crippen LogP contribution in [0.3, 0.4) is 0 Å². The second kappa shape index (κ2) is 9.72. The fourth-order valence-electron chi connectivity index (χ4n) is 5.30. The number of likely N-dealkylation sites (tertiary alicyclic amines) is 1. The molecule has 1 fully saturated rings. The highest BCUT2D eigenvalue weighted by Gasteiger charge is 2.31. The second-order valence-electron chi connectivity index (χ2n) is 10.4. The van der Waals surface area contributed by atoms with E-state index in [4.69, 9.17) is 4.98 Å². The molecule has 1 aliphatic heterocycles. The van der Waals surface area contributed by atoms with E-state index in [1.54, 1.807) is 10.7 Å². The van der Waals surface area contributed by atoms with Gasteiger partial charge in [-0.15, -0.1) is 5.10 Å². The monoisotopic (exact) mass is 535 g/mol. The number of nitrogens with one attached hydrogen (secondary N) is 1. The van der Waals surface area contributed by atoms with Gasteiger partial charge in [-0.3, -0.25) is 15.0 Å². The number of nitrogens with zero attached hydrogens (tertiary/aromatic N) is 8. The van der Waals surface area contributed by atoms with Gasteiger partial charge in [0.1, 0.15) is 11.5 Å². The maximum atomic E-state index is 4.98. The minimum Gasteiger partial charge on any atom is -0.298 e. The van der Waals surface area contributed by atoms with Crippen molar-refractivity contribution in [3.05, 3.63) is 121 Å². The average Bonchev–Trinajstić information content (AvgIpc) is 3.61. The van der Waals surface area contributed by atoms with Crippen molar-refractivity contribution >= 4 is 11.4 Å². The first-order chi connectivity index (χ1) is 20.3. The SMILES string of the molecule is C1=CC(c2nc3nc(-c4ccc(CN5CC(c6nc(-c7ccccn7)n[nH]6)C5)cc4)c(-c4ccccc4)cn3n2)=C1. The van der Waals surface area contributed by atoms with Crippen molar-refractivity contribution < 1.29 is 0 Å². The molecule has 0 spiro atoms. The molecule has 0 amide bonds. The Hall–Kier alpha value is -5.28. The first-order valence-electron chi connectivity index (χ1n) is 13.6. The smallest absolute Gasteiger partial charge is 0.253 e. The van der Waals surface area contributed by atoms with Gasteiger partial charge in [0.2, 0.25) is 0 Å². The van der Waals surface area contributed by atoms with Gasteiger partial charge in [-0.25, -0.2) is 14.5 Å². The van der Waals surface area contributed by atoms with Crippen molar-refractivity contribution in [2.75, 3.05) is 13.1 Å². The molecule has 2 aliphatic rings. The van der Waals surface area contributed by atoms with Gasteiger partial charge in [0.25, 0.3) is 5.78 Å². The average molecular weight is 536 g/mol. The Morgan fingerprint density at radius 2 is 1.66 bits per heavy atom. The van der Waals surface area contributed by atoms with Crippen molar-refractivity contribution in [3.8, 4) is 33.9 Å². The molecule has 0 bridgehead atoms. The molecule has 1 N–H and O–H groups in total. The van der Waals surface area contributed by atoms with E-state index in [1.807, 2.05) is 60.8 Å². The van der Waals surface area contributed by atoms with Gasteiger partial charge in [0.05, 0.1) is 5.69 Å². The van der Waals surface area contributed by atoms with Gasteiger partial charge in [0, 0.05) is 54.6 Å². The van der Waals surface area contributed by atoms with E-state index >= 15 is 0 Å². The number of aromatic amines is 1. The number of pyridine rings is 1. The highest BCUT2D eigenvalue weighted by atomic mass is 15.3. The number of allylic oxidation sites excluding steroid dienone is 4. The van der Waals surface area contributed by atoms with Crippen LogP contribution in [0.25, 0.3) is 45.3 Å². The third-order valence-corrected chi connectivity index (χ3v) is 7.60. The first kappa shape index (κ1) is 23.6. The molecule has 2 aromatic carbocycles. The van der Waals surface area contributed by atoms with Crippen LogP contribution in [0.2, 0.25) is 0 Å². The summed E-state index contributed by atoms with van der Waals surface area (Å²) < 4.78 is 1.77. The number of aromatic nitrogens is 8. The maximum Gasteiger partial charge on any atom is 0.253 e. The minimum absolute atomic E-state index is 0.350. The van der Waals surface area contributed by atoms with E-state index in [2.05, 4.69) is 71.5 Å². The Bertz CT molecular complexity index is 1910. The number of H-pyrrole nitrogens is 1. The standard InChI is InChI=1S/C32H25N9/c1-2-7-22(8-3-1)26-20-41-32(36-30(39-41)24-9-6-10-24)34-28(26)23-14-12-21(13-15-23)17-40-18-25(19-40)29-35-31(38-37-29)27-11-4-5-16-33-27/h1-16,20,25H,17-19H2,(H,35,37,38). The molecule has 198 valence electrons. The van der Waals surface area contributed by atoms with Gasteiger partial charge in [-0.1, -0.05) is 78.9 Å². The zero-order valence-electron chi connectivity index (χ0n) is 22.1. The molecule has 8 rings (SSSR count). The Kier molecular flexibility index (Phi) is 5.60. The molecule has 9 nitrogen and oxygen atoms in total. The van der Waals surface area contributed by atoms with Gasteiger partial charge < -0.3 is 0 Å². The van der Waals surface area contributed by atoms with Crippen LogP contribution < -0.4 is 0 Å². The van der Waals surface area contributed by atoms with Gasteiger partial charge >= 0.3 is 0 Å². The Labute approximate surface area is 236 Å². The molecule has 9 heteroatoms. The van der Waals surface area contributed by atoms with Crippen molar-refractivity contribution in [1.82, 2.24) is 44.6 Å². The summed E-state index contributed by atoms with van der Waals surface area (Å²) in [6, 6.07) is 24.8. The molecular formula is C32H25N9. The van der Waals surface area contributed by atoms with Gasteiger partial charge in [0.15, 0.2) is 11.6 Å². The lowest BCUT2D eigenvalue weighted by molar-refractivity contribution is 0.135. The number of benzene rings is 2. The lowest BCUT2D eigenvalue weighted by Crippen LogP contribution is -2.44. The zero-order chi connectivity index (χ0) is 27.2.